The van der Waals surface area contributed by atoms with Crippen LogP contribution in [0.1, 0.15) is 53.4 Å². The van der Waals surface area contributed by atoms with Gasteiger partial charge in [-0.1, -0.05) is 40.5 Å². The van der Waals surface area contributed by atoms with Gasteiger partial charge in [-0.05, 0) is 43.6 Å². The van der Waals surface area contributed by atoms with Gasteiger partial charge in [0.1, 0.15) is 0 Å². The first-order valence-electron chi connectivity index (χ1n) is 7.87. The molecule has 0 bridgehead atoms. The van der Waals surface area contributed by atoms with E-state index in [4.69, 9.17) is 5.73 Å². The maximum Gasteiger partial charge on any atom is 0.0248 e. The highest BCUT2D eigenvalue weighted by molar-refractivity contribution is 4.84. The first kappa shape index (κ1) is 16.0. The topological polar surface area (TPSA) is 29.3 Å². The third-order valence-electron chi connectivity index (χ3n) is 4.81. The van der Waals surface area contributed by atoms with Crippen LogP contribution in [0.15, 0.2) is 0 Å². The van der Waals surface area contributed by atoms with Crippen LogP contribution in [-0.2, 0) is 0 Å². The van der Waals surface area contributed by atoms with Gasteiger partial charge in [0.15, 0.2) is 0 Å². The second kappa shape index (κ2) is 7.49. The van der Waals surface area contributed by atoms with Gasteiger partial charge in [-0.3, -0.25) is 0 Å². The summed E-state index contributed by atoms with van der Waals surface area (Å²) < 4.78 is 0. The number of likely N-dealkylation sites (N-methyl/N-ethyl adjacent to an activating group) is 1. The number of hydrogen-bond acceptors (Lipinski definition) is 2. The van der Waals surface area contributed by atoms with Crippen molar-refractivity contribution in [1.82, 2.24) is 4.90 Å². The fourth-order valence-corrected chi connectivity index (χ4v) is 4.02. The lowest BCUT2D eigenvalue weighted by Crippen LogP contribution is -2.48. The van der Waals surface area contributed by atoms with E-state index in [1.54, 1.807) is 0 Å². The van der Waals surface area contributed by atoms with Gasteiger partial charge in [0.05, 0.1) is 0 Å². The molecule has 0 heterocycles. The van der Waals surface area contributed by atoms with Crippen molar-refractivity contribution in [2.75, 3.05) is 20.1 Å². The van der Waals surface area contributed by atoms with E-state index in [2.05, 4.69) is 39.6 Å². The molecule has 1 unspecified atom stereocenters. The number of hydrogen-bond donors (Lipinski definition) is 1. The first-order chi connectivity index (χ1) is 8.47. The molecule has 0 aromatic carbocycles. The van der Waals surface area contributed by atoms with Gasteiger partial charge in [0.2, 0.25) is 0 Å². The van der Waals surface area contributed by atoms with E-state index in [0.29, 0.717) is 23.8 Å². The molecule has 18 heavy (non-hydrogen) atoms. The van der Waals surface area contributed by atoms with Crippen LogP contribution in [0.25, 0.3) is 0 Å². The third kappa shape index (κ3) is 4.24. The van der Waals surface area contributed by atoms with Crippen molar-refractivity contribution in [3.63, 3.8) is 0 Å². The highest BCUT2D eigenvalue weighted by atomic mass is 15.1. The molecule has 1 aliphatic carbocycles. The average molecular weight is 254 g/mol. The zero-order valence-corrected chi connectivity index (χ0v) is 13.2. The minimum atomic E-state index is 0.547. The van der Waals surface area contributed by atoms with Crippen molar-refractivity contribution in [3.8, 4) is 0 Å². The summed E-state index contributed by atoms with van der Waals surface area (Å²) in [6.45, 7) is 11.4. The predicted octanol–water partition coefficient (Wildman–Crippen LogP) is 3.36. The van der Waals surface area contributed by atoms with Gasteiger partial charge >= 0.3 is 0 Å². The zero-order valence-electron chi connectivity index (χ0n) is 13.2. The van der Waals surface area contributed by atoms with Crippen molar-refractivity contribution in [3.05, 3.63) is 0 Å². The minimum Gasteiger partial charge on any atom is -0.329 e. The second-order valence-corrected chi connectivity index (χ2v) is 6.96. The van der Waals surface area contributed by atoms with Gasteiger partial charge in [-0.2, -0.15) is 0 Å². The Labute approximate surface area is 114 Å². The maximum atomic E-state index is 6.08. The summed E-state index contributed by atoms with van der Waals surface area (Å²) in [6.07, 6.45) is 5.72. The molecule has 0 aromatic heterocycles. The van der Waals surface area contributed by atoms with Crippen LogP contribution >= 0.6 is 0 Å². The minimum absolute atomic E-state index is 0.547. The molecule has 1 atom stereocenters. The van der Waals surface area contributed by atoms with E-state index < -0.39 is 0 Å². The first-order valence-corrected chi connectivity index (χ1v) is 7.87. The molecule has 2 N–H and O–H groups in total. The van der Waals surface area contributed by atoms with Gasteiger partial charge in [0, 0.05) is 19.1 Å². The highest BCUT2D eigenvalue weighted by Gasteiger charge is 2.30. The summed E-state index contributed by atoms with van der Waals surface area (Å²) in [5.41, 5.74) is 6.08. The molecule has 1 fully saturated rings. The Morgan fingerprint density at radius 3 is 1.94 bits per heavy atom. The molecule has 1 aliphatic rings. The SMILES string of the molecule is CC(C)C(C(C)C)C(CN)N(C)CC1CCCC1. The van der Waals surface area contributed by atoms with Crippen molar-refractivity contribution in [2.24, 2.45) is 29.4 Å². The van der Waals surface area contributed by atoms with Crippen LogP contribution in [0, 0.1) is 23.7 Å². The van der Waals surface area contributed by atoms with Crippen LogP contribution in [0.2, 0.25) is 0 Å². The lowest BCUT2D eigenvalue weighted by atomic mass is 9.79. The summed E-state index contributed by atoms with van der Waals surface area (Å²) in [6, 6.07) is 0.547. The van der Waals surface area contributed by atoms with Crippen LogP contribution < -0.4 is 5.73 Å². The van der Waals surface area contributed by atoms with E-state index in [-0.39, 0.29) is 0 Å². The summed E-state index contributed by atoms with van der Waals surface area (Å²) in [7, 11) is 2.29. The van der Waals surface area contributed by atoms with Crippen molar-refractivity contribution < 1.29 is 0 Å². The van der Waals surface area contributed by atoms with Crippen molar-refractivity contribution >= 4 is 0 Å². The largest absolute Gasteiger partial charge is 0.329 e. The fourth-order valence-electron chi connectivity index (χ4n) is 4.02. The van der Waals surface area contributed by atoms with E-state index in [9.17, 15) is 0 Å². The Kier molecular flexibility index (Phi) is 6.65. The summed E-state index contributed by atoms with van der Waals surface area (Å²) in [5.74, 6) is 3.06. The zero-order chi connectivity index (χ0) is 13.7. The van der Waals surface area contributed by atoms with Gasteiger partial charge in [0.25, 0.3) is 0 Å². The van der Waals surface area contributed by atoms with Crippen LogP contribution in [0.4, 0.5) is 0 Å². The average Bonchev–Trinajstić information content (AvgIpc) is 2.76. The number of nitrogens with zero attached hydrogens (tertiary/aromatic N) is 1. The predicted molar refractivity (Wildman–Crippen MR) is 80.6 cm³/mol. The van der Waals surface area contributed by atoms with Gasteiger partial charge in [-0.25, -0.2) is 0 Å². The highest BCUT2D eigenvalue weighted by Crippen LogP contribution is 2.30. The molecular weight excluding hydrogens is 220 g/mol. The van der Waals surface area contributed by atoms with Crippen LogP contribution in [-0.4, -0.2) is 31.1 Å². The third-order valence-corrected chi connectivity index (χ3v) is 4.81. The molecular formula is C16H34N2. The molecule has 2 nitrogen and oxygen atoms in total. The Morgan fingerprint density at radius 2 is 1.56 bits per heavy atom. The fraction of sp³-hybridized carbons (Fsp3) is 1.00. The smallest absolute Gasteiger partial charge is 0.0248 e. The molecule has 108 valence electrons. The molecule has 0 spiro atoms. The quantitative estimate of drug-likeness (QED) is 0.755. The number of rotatable bonds is 7. The molecule has 1 rings (SSSR count). The Morgan fingerprint density at radius 1 is 1.06 bits per heavy atom. The Hall–Kier alpha value is -0.0800. The van der Waals surface area contributed by atoms with E-state index >= 15 is 0 Å². The maximum absolute atomic E-state index is 6.08. The molecule has 0 radical (unpaired) electrons. The molecule has 1 saturated carbocycles. The van der Waals surface area contributed by atoms with Crippen LogP contribution in [0.5, 0.6) is 0 Å². The number of nitrogens with two attached hydrogens (primary N) is 1. The monoisotopic (exact) mass is 254 g/mol. The van der Waals surface area contributed by atoms with E-state index in [1.807, 2.05) is 0 Å². The van der Waals surface area contributed by atoms with Crippen molar-refractivity contribution in [1.29, 1.82) is 0 Å². The molecule has 0 amide bonds. The summed E-state index contributed by atoms with van der Waals surface area (Å²) in [4.78, 5) is 2.56. The van der Waals surface area contributed by atoms with Gasteiger partial charge < -0.3 is 10.6 Å². The van der Waals surface area contributed by atoms with Crippen LogP contribution in [0.3, 0.4) is 0 Å². The van der Waals surface area contributed by atoms with Crippen molar-refractivity contribution in [2.45, 2.75) is 59.4 Å². The normalized spacial score (nSPS) is 19.7. The summed E-state index contributed by atoms with van der Waals surface area (Å²) >= 11 is 0. The summed E-state index contributed by atoms with van der Waals surface area (Å²) in [5, 5.41) is 0. The molecule has 0 saturated heterocycles. The molecule has 0 aliphatic heterocycles. The standard InChI is InChI=1S/C16H34N2/c1-12(2)16(13(3)4)15(10-17)18(5)11-14-8-6-7-9-14/h12-16H,6-11,17H2,1-5H3. The lowest BCUT2D eigenvalue weighted by molar-refractivity contribution is 0.0996. The second-order valence-electron chi connectivity index (χ2n) is 6.96. The lowest BCUT2D eigenvalue weighted by Gasteiger charge is -2.39. The Bertz CT molecular complexity index is 211. The Balaban J connectivity index is 2.61. The molecule has 0 aromatic rings. The van der Waals surface area contributed by atoms with E-state index in [1.165, 1.54) is 32.2 Å². The molecule has 2 heteroatoms. The van der Waals surface area contributed by atoms with Gasteiger partial charge in [-0.15, -0.1) is 0 Å². The van der Waals surface area contributed by atoms with E-state index in [0.717, 1.165) is 12.5 Å².